The van der Waals surface area contributed by atoms with Gasteiger partial charge in [-0.1, -0.05) is 25.0 Å². The Hall–Kier alpha value is -2.38. The van der Waals surface area contributed by atoms with Crippen molar-refractivity contribution in [2.24, 2.45) is 0 Å². The number of hydrogen-bond donors (Lipinski definition) is 2. The van der Waals surface area contributed by atoms with Gasteiger partial charge < -0.3 is 4.90 Å². The minimum Gasteiger partial charge on any atom is -0.340 e. The number of unbranched alkanes of at least 4 members (excludes halogenated alkanes) is 2. The molecule has 1 aliphatic heterocycles. The van der Waals surface area contributed by atoms with E-state index in [2.05, 4.69) is 20.8 Å². The molecule has 1 saturated heterocycles. The predicted molar refractivity (Wildman–Crippen MR) is 101 cm³/mol. The van der Waals surface area contributed by atoms with Crippen LogP contribution in [0.5, 0.6) is 0 Å². The summed E-state index contributed by atoms with van der Waals surface area (Å²) in [6, 6.07) is 7.32. The zero-order valence-corrected chi connectivity index (χ0v) is 15.6. The summed E-state index contributed by atoms with van der Waals surface area (Å²) in [5.74, 6) is -0.295. The number of hydrogen-bond acceptors (Lipinski definition) is 5. The summed E-state index contributed by atoms with van der Waals surface area (Å²) in [4.78, 5) is 21.9. The lowest BCUT2D eigenvalue weighted by atomic mass is 9.99. The van der Waals surface area contributed by atoms with Crippen LogP contribution in [0.2, 0.25) is 0 Å². The van der Waals surface area contributed by atoms with Crippen LogP contribution in [0.1, 0.15) is 54.2 Å². The topological polar surface area (TPSA) is 70.2 Å². The molecule has 1 amide bonds. The second-order valence-electron chi connectivity index (χ2n) is 6.99. The van der Waals surface area contributed by atoms with E-state index in [4.69, 9.17) is 0 Å². The number of carbonyl (C=O) groups is 1. The van der Waals surface area contributed by atoms with Gasteiger partial charge in [0.2, 0.25) is 0 Å². The normalized spacial score (nSPS) is 19.2. The molecule has 6 nitrogen and oxygen atoms in total. The van der Waals surface area contributed by atoms with Crippen molar-refractivity contribution in [3.05, 3.63) is 59.9 Å². The molecule has 1 fully saturated rings. The second-order valence-corrected chi connectivity index (χ2v) is 6.99. The van der Waals surface area contributed by atoms with Crippen LogP contribution in [0, 0.1) is 5.82 Å². The SMILES string of the molecule is CN(CCCCCC1CC(c2ccc(F)cc2)NN1)C(=O)c1cnccn1. The number of nitrogens with one attached hydrogen (secondary N) is 2. The van der Waals surface area contributed by atoms with E-state index in [1.54, 1.807) is 18.1 Å². The zero-order valence-electron chi connectivity index (χ0n) is 15.6. The van der Waals surface area contributed by atoms with Crippen molar-refractivity contribution in [1.29, 1.82) is 0 Å². The lowest BCUT2D eigenvalue weighted by molar-refractivity contribution is 0.0786. The first-order chi connectivity index (χ1) is 13.1. The first-order valence-electron chi connectivity index (χ1n) is 9.41. The molecule has 0 radical (unpaired) electrons. The second kappa shape index (κ2) is 9.53. The van der Waals surface area contributed by atoms with E-state index in [1.165, 1.54) is 24.5 Å². The number of rotatable bonds is 8. The molecule has 1 aliphatic rings. The van der Waals surface area contributed by atoms with Gasteiger partial charge in [0.25, 0.3) is 5.91 Å². The van der Waals surface area contributed by atoms with Crippen LogP contribution < -0.4 is 10.9 Å². The van der Waals surface area contributed by atoms with Crippen LogP contribution >= 0.6 is 0 Å². The van der Waals surface area contributed by atoms with Crippen molar-refractivity contribution in [2.75, 3.05) is 13.6 Å². The van der Waals surface area contributed by atoms with E-state index in [-0.39, 0.29) is 17.8 Å². The number of amides is 1. The Bertz CT molecular complexity index is 725. The van der Waals surface area contributed by atoms with Gasteiger partial charge in [0.1, 0.15) is 11.5 Å². The van der Waals surface area contributed by atoms with Gasteiger partial charge in [-0.3, -0.25) is 20.6 Å². The summed E-state index contributed by atoms with van der Waals surface area (Å²) in [6.45, 7) is 0.712. The first kappa shape index (κ1) is 19.4. The molecule has 0 aliphatic carbocycles. The Morgan fingerprint density at radius 3 is 2.74 bits per heavy atom. The van der Waals surface area contributed by atoms with Crippen LogP contribution in [0.25, 0.3) is 0 Å². The zero-order chi connectivity index (χ0) is 19.1. The molecular weight excluding hydrogens is 345 g/mol. The molecule has 1 aromatic heterocycles. The monoisotopic (exact) mass is 371 g/mol. The smallest absolute Gasteiger partial charge is 0.273 e. The summed E-state index contributed by atoms with van der Waals surface area (Å²) in [5, 5.41) is 0. The fraction of sp³-hybridized carbons (Fsp3) is 0.450. The summed E-state index contributed by atoms with van der Waals surface area (Å²) in [6.07, 6.45) is 9.79. The number of aromatic nitrogens is 2. The fourth-order valence-electron chi connectivity index (χ4n) is 3.35. The number of halogens is 1. The molecular formula is C20H26FN5O. The Morgan fingerprint density at radius 2 is 2.00 bits per heavy atom. The molecule has 2 unspecified atom stereocenters. The van der Waals surface area contributed by atoms with E-state index in [9.17, 15) is 9.18 Å². The van der Waals surface area contributed by atoms with Gasteiger partial charge in [-0.05, 0) is 37.0 Å². The van der Waals surface area contributed by atoms with Gasteiger partial charge >= 0.3 is 0 Å². The van der Waals surface area contributed by atoms with Gasteiger partial charge in [0, 0.05) is 38.1 Å². The third kappa shape index (κ3) is 5.55. The van der Waals surface area contributed by atoms with Crippen LogP contribution in [0.4, 0.5) is 4.39 Å². The van der Waals surface area contributed by atoms with Crippen molar-refractivity contribution < 1.29 is 9.18 Å². The lowest BCUT2D eigenvalue weighted by Crippen LogP contribution is -2.31. The number of carbonyl (C=O) groups excluding carboxylic acids is 1. The molecule has 144 valence electrons. The highest BCUT2D eigenvalue weighted by Crippen LogP contribution is 2.24. The molecule has 3 rings (SSSR count). The predicted octanol–water partition coefficient (Wildman–Crippen LogP) is 2.86. The van der Waals surface area contributed by atoms with Crippen LogP contribution in [-0.2, 0) is 0 Å². The quantitative estimate of drug-likeness (QED) is 0.699. The highest BCUT2D eigenvalue weighted by molar-refractivity contribution is 5.91. The van der Waals surface area contributed by atoms with Crippen LogP contribution in [0.15, 0.2) is 42.9 Å². The molecule has 7 heteroatoms. The molecule has 1 aromatic carbocycles. The summed E-state index contributed by atoms with van der Waals surface area (Å²) in [7, 11) is 1.80. The highest BCUT2D eigenvalue weighted by Gasteiger charge is 2.24. The third-order valence-corrected chi connectivity index (χ3v) is 4.93. The largest absolute Gasteiger partial charge is 0.340 e. The van der Waals surface area contributed by atoms with Crippen molar-refractivity contribution in [1.82, 2.24) is 25.7 Å². The van der Waals surface area contributed by atoms with E-state index >= 15 is 0 Å². The maximum absolute atomic E-state index is 13.0. The fourth-order valence-corrected chi connectivity index (χ4v) is 3.35. The van der Waals surface area contributed by atoms with Gasteiger partial charge in [-0.2, -0.15) is 0 Å². The van der Waals surface area contributed by atoms with Crippen molar-refractivity contribution in [3.63, 3.8) is 0 Å². The van der Waals surface area contributed by atoms with Gasteiger partial charge in [0.15, 0.2) is 0 Å². The van der Waals surface area contributed by atoms with Gasteiger partial charge in [0.05, 0.1) is 6.20 Å². The molecule has 0 saturated carbocycles. The lowest BCUT2D eigenvalue weighted by Gasteiger charge is -2.16. The molecule has 2 N–H and O–H groups in total. The van der Waals surface area contributed by atoms with Gasteiger partial charge in [-0.25, -0.2) is 9.37 Å². The van der Waals surface area contributed by atoms with Crippen molar-refractivity contribution >= 4 is 5.91 Å². The minimum atomic E-state index is -0.205. The number of nitrogens with zero attached hydrogens (tertiary/aromatic N) is 3. The Labute approximate surface area is 159 Å². The van der Waals surface area contributed by atoms with Crippen LogP contribution in [0.3, 0.4) is 0 Å². The molecule has 0 spiro atoms. The molecule has 27 heavy (non-hydrogen) atoms. The minimum absolute atomic E-state index is 0.0908. The number of benzene rings is 1. The van der Waals surface area contributed by atoms with Crippen LogP contribution in [-0.4, -0.2) is 40.4 Å². The van der Waals surface area contributed by atoms with E-state index in [0.717, 1.165) is 37.7 Å². The standard InChI is InChI=1S/C20H26FN5O/c1-26(20(27)19-14-22-10-11-23-19)12-4-2-3-5-17-13-18(25-24-17)15-6-8-16(21)9-7-15/h6-11,14,17-18,24-25H,2-5,12-13H2,1H3. The number of hydrazine groups is 1. The summed E-state index contributed by atoms with van der Waals surface area (Å²) < 4.78 is 13.0. The van der Waals surface area contributed by atoms with Crippen molar-refractivity contribution in [3.8, 4) is 0 Å². The van der Waals surface area contributed by atoms with E-state index in [0.29, 0.717) is 18.3 Å². The Balaban J connectivity index is 1.31. The molecule has 2 aromatic rings. The van der Waals surface area contributed by atoms with Gasteiger partial charge in [-0.15, -0.1) is 0 Å². The average molecular weight is 371 g/mol. The third-order valence-electron chi connectivity index (χ3n) is 4.93. The molecule has 0 bridgehead atoms. The maximum Gasteiger partial charge on any atom is 0.273 e. The van der Waals surface area contributed by atoms with Crippen molar-refractivity contribution in [2.45, 2.75) is 44.2 Å². The first-order valence-corrected chi connectivity index (χ1v) is 9.41. The molecule has 2 heterocycles. The average Bonchev–Trinajstić information content (AvgIpc) is 3.17. The van der Waals surface area contributed by atoms with E-state index < -0.39 is 0 Å². The Kier molecular flexibility index (Phi) is 6.84. The Morgan fingerprint density at radius 1 is 1.19 bits per heavy atom. The van der Waals surface area contributed by atoms with E-state index in [1.807, 2.05) is 12.1 Å². The highest BCUT2D eigenvalue weighted by atomic mass is 19.1. The maximum atomic E-state index is 13.0. The summed E-state index contributed by atoms with van der Waals surface area (Å²) >= 11 is 0. The summed E-state index contributed by atoms with van der Waals surface area (Å²) in [5.41, 5.74) is 8.12. The molecule has 2 atom stereocenters.